The molecule has 8 fully saturated rings. The molecule has 400 valence electrons. The van der Waals surface area contributed by atoms with Gasteiger partial charge in [-0.25, -0.2) is 4.79 Å². The molecule has 19 atom stereocenters. The van der Waals surface area contributed by atoms with Gasteiger partial charge in [0.15, 0.2) is 0 Å². The molecule has 0 heterocycles. The topological polar surface area (TPSA) is 105 Å². The Morgan fingerprint density at radius 1 is 0.732 bits per heavy atom. The first-order valence-corrected chi connectivity index (χ1v) is 30.2. The van der Waals surface area contributed by atoms with Crippen molar-refractivity contribution in [1.82, 2.24) is 10.6 Å². The molecule has 0 spiro atoms. The van der Waals surface area contributed by atoms with Gasteiger partial charge in [0.1, 0.15) is 12.1 Å². The molecule has 3 N–H and O–H groups in total. The van der Waals surface area contributed by atoms with Crippen LogP contribution in [0.15, 0.2) is 23.8 Å². The first-order chi connectivity index (χ1) is 33.4. The van der Waals surface area contributed by atoms with Gasteiger partial charge in [0.25, 0.3) is 0 Å². The maximum absolute atomic E-state index is 15.4. The third-order valence-electron chi connectivity index (χ3n) is 25.8. The molecule has 0 aromatic carbocycles. The number of rotatable bonds is 15. The molecule has 7 heteroatoms. The highest BCUT2D eigenvalue weighted by molar-refractivity contribution is 5.82. The number of hydrogen-bond donors (Lipinski definition) is 3. The largest absolute Gasteiger partial charge is 0.480 e. The van der Waals surface area contributed by atoms with Crippen LogP contribution in [0, 0.1) is 103 Å². The number of hydrogen-bond acceptors (Lipinski definition) is 5. The molecule has 9 aliphatic rings. The average molecular weight is 982 g/mol. The maximum atomic E-state index is 15.4. The molecular formula is C64H104N2O5. The normalized spacial score (nSPS) is 46.1. The first-order valence-electron chi connectivity index (χ1n) is 30.2. The standard InChI is InChI=1S/C64H104N2O5/c1-39(2)16-14-17-41(5)47-21-22-48-46-20-19-43-38-44(25-30-59(43,9)49(46)27-31-60(47,48)10)71-57(70)64-34-26-45(40(3)4)55(64)50-23-24-53-61(11)32-29-54(65-37-15-18-51(56(68)69)66-42(6)67)58(7,8)52(61)28-33-63(53,13)62(50,12)35-36-64/h19,39,41,44-55,65H,3,14-18,20-38H2,1-2,4-13H3,(H,66,67)(H,68,69)/t41-,44+,45+,46+,47-,48+,49+,50-,51?,52?,53-,54?,55?,59+,60-,61+,62-,63-,64+/m1/s1. The molecular weight excluding hydrogens is 877 g/mol. The van der Waals surface area contributed by atoms with E-state index in [-0.39, 0.29) is 45.1 Å². The van der Waals surface area contributed by atoms with Crippen LogP contribution in [-0.4, -0.2) is 47.7 Å². The highest BCUT2D eigenvalue weighted by Crippen LogP contribution is 2.78. The Balaban J connectivity index is 0.868. The summed E-state index contributed by atoms with van der Waals surface area (Å²) in [6.45, 7) is 34.9. The van der Waals surface area contributed by atoms with Crippen molar-refractivity contribution in [3.05, 3.63) is 23.8 Å². The number of carbonyl (C=O) groups is 3. The zero-order chi connectivity index (χ0) is 51.3. The molecule has 4 unspecified atom stereocenters. The molecule has 8 saturated carbocycles. The van der Waals surface area contributed by atoms with Gasteiger partial charge in [0.05, 0.1) is 5.41 Å². The zero-order valence-electron chi connectivity index (χ0n) is 47.4. The number of esters is 1. The number of nitrogens with one attached hydrogen (secondary N) is 2. The van der Waals surface area contributed by atoms with Crippen LogP contribution in [0.5, 0.6) is 0 Å². The summed E-state index contributed by atoms with van der Waals surface area (Å²) >= 11 is 0. The number of carboxylic acids is 1. The number of ether oxygens (including phenoxy) is 1. The molecule has 1 amide bonds. The summed E-state index contributed by atoms with van der Waals surface area (Å²) < 4.78 is 7.04. The quantitative estimate of drug-likeness (QED) is 0.0858. The third kappa shape index (κ3) is 8.70. The van der Waals surface area contributed by atoms with Gasteiger partial charge >= 0.3 is 11.9 Å². The van der Waals surface area contributed by atoms with Crippen LogP contribution < -0.4 is 10.6 Å². The van der Waals surface area contributed by atoms with E-state index in [1.165, 1.54) is 102 Å². The molecule has 71 heavy (non-hydrogen) atoms. The van der Waals surface area contributed by atoms with Crippen molar-refractivity contribution in [2.24, 2.45) is 103 Å². The summed E-state index contributed by atoms with van der Waals surface area (Å²) in [5.41, 5.74) is 3.97. The second-order valence-corrected chi connectivity index (χ2v) is 29.5. The molecule has 7 nitrogen and oxygen atoms in total. The number of carbonyl (C=O) groups excluding carboxylic acids is 2. The lowest BCUT2D eigenvalue weighted by Gasteiger charge is -2.73. The van der Waals surface area contributed by atoms with Crippen molar-refractivity contribution in [1.29, 1.82) is 0 Å². The number of amides is 1. The summed E-state index contributed by atoms with van der Waals surface area (Å²) in [7, 11) is 0. The van der Waals surface area contributed by atoms with Crippen molar-refractivity contribution < 1.29 is 24.2 Å². The highest BCUT2D eigenvalue weighted by atomic mass is 16.5. The molecule has 0 bridgehead atoms. The smallest absolute Gasteiger partial charge is 0.326 e. The highest BCUT2D eigenvalue weighted by Gasteiger charge is 2.72. The van der Waals surface area contributed by atoms with Gasteiger partial charge in [0.2, 0.25) is 5.91 Å². The van der Waals surface area contributed by atoms with Gasteiger partial charge in [-0.05, 0) is 233 Å². The minimum Gasteiger partial charge on any atom is -0.480 e. The van der Waals surface area contributed by atoms with Gasteiger partial charge < -0.3 is 20.5 Å². The molecule has 9 rings (SSSR count). The van der Waals surface area contributed by atoms with Gasteiger partial charge in [0, 0.05) is 19.4 Å². The molecule has 0 aliphatic heterocycles. The summed E-state index contributed by atoms with van der Waals surface area (Å²) in [6.07, 6.45) is 29.5. The second kappa shape index (κ2) is 19.5. The summed E-state index contributed by atoms with van der Waals surface area (Å²) in [5.74, 6) is 6.33. The van der Waals surface area contributed by atoms with E-state index in [0.717, 1.165) is 87.0 Å². The fourth-order valence-electron chi connectivity index (χ4n) is 22.0. The monoisotopic (exact) mass is 981 g/mol. The minimum atomic E-state index is -0.961. The number of fused-ring (bicyclic) bond motifs is 12. The number of allylic oxidation sites excluding steroid dienone is 2. The van der Waals surface area contributed by atoms with Gasteiger partial charge in [-0.1, -0.05) is 112 Å². The van der Waals surface area contributed by atoms with Crippen molar-refractivity contribution in [2.45, 2.75) is 249 Å². The predicted molar refractivity (Wildman–Crippen MR) is 288 cm³/mol. The van der Waals surface area contributed by atoms with Crippen molar-refractivity contribution in [2.75, 3.05) is 6.54 Å². The Morgan fingerprint density at radius 2 is 1.46 bits per heavy atom. The molecule has 0 aromatic heterocycles. The Bertz CT molecular complexity index is 2060. The van der Waals surface area contributed by atoms with Crippen LogP contribution in [-0.2, 0) is 19.1 Å². The van der Waals surface area contributed by atoms with Gasteiger partial charge in [-0.2, -0.15) is 0 Å². The Hall–Kier alpha value is -2.15. The van der Waals surface area contributed by atoms with Crippen LogP contribution in [0.4, 0.5) is 0 Å². The van der Waals surface area contributed by atoms with E-state index < -0.39 is 17.4 Å². The molecule has 9 aliphatic carbocycles. The van der Waals surface area contributed by atoms with E-state index in [2.05, 4.69) is 99.4 Å². The SMILES string of the molecule is C=C(C)[C@@H]1CC[C@]2(C(=O)O[C@H]3CC[C@@]4(C)C(=CC[C@H]5[C@@H]6CC[C@H]([C@H](C)CCCC(C)C)[C@@]6(C)CC[C@@H]54)C3)CC[C@]3(C)[C@H](CC[C@@H]4[C@@]5(C)CCC(NCCCC(NC(C)=O)C(=O)O)C(C)(C)C5CC[C@]43C)C12. The summed E-state index contributed by atoms with van der Waals surface area (Å²) in [6, 6.07) is -0.457. The van der Waals surface area contributed by atoms with Crippen molar-refractivity contribution in [3.8, 4) is 0 Å². The molecule has 0 aromatic rings. The van der Waals surface area contributed by atoms with E-state index in [4.69, 9.17) is 4.74 Å². The minimum absolute atomic E-state index is 0.00356. The van der Waals surface area contributed by atoms with Crippen LogP contribution in [0.1, 0.15) is 231 Å². The van der Waals surface area contributed by atoms with E-state index >= 15 is 4.79 Å². The van der Waals surface area contributed by atoms with Crippen LogP contribution >= 0.6 is 0 Å². The van der Waals surface area contributed by atoms with E-state index in [9.17, 15) is 14.7 Å². The van der Waals surface area contributed by atoms with E-state index in [1.807, 2.05) is 0 Å². The van der Waals surface area contributed by atoms with Crippen molar-refractivity contribution in [3.63, 3.8) is 0 Å². The van der Waals surface area contributed by atoms with Crippen LogP contribution in [0.2, 0.25) is 0 Å². The Kier molecular flexibility index (Phi) is 14.7. The lowest BCUT2D eigenvalue weighted by molar-refractivity contribution is -0.242. The summed E-state index contributed by atoms with van der Waals surface area (Å²) in [4.78, 5) is 38.8. The molecule has 0 radical (unpaired) electrons. The van der Waals surface area contributed by atoms with E-state index in [0.29, 0.717) is 53.9 Å². The molecule has 0 saturated heterocycles. The summed E-state index contributed by atoms with van der Waals surface area (Å²) in [5, 5.41) is 16.2. The third-order valence-corrected chi connectivity index (χ3v) is 25.8. The Labute approximate surface area is 433 Å². The fraction of sp³-hybridized carbons (Fsp3) is 0.891. The van der Waals surface area contributed by atoms with E-state index in [1.54, 1.807) is 5.57 Å². The lowest BCUT2D eigenvalue weighted by Crippen LogP contribution is -2.68. The fourth-order valence-corrected chi connectivity index (χ4v) is 22.0. The van der Waals surface area contributed by atoms with Gasteiger partial charge in [-0.3, -0.25) is 9.59 Å². The lowest BCUT2D eigenvalue weighted by atomic mass is 9.32. The number of carboxylic acid groups (broad SMARTS) is 1. The first kappa shape index (κ1) is 53.7. The zero-order valence-corrected chi connectivity index (χ0v) is 47.4. The maximum Gasteiger partial charge on any atom is 0.326 e. The van der Waals surface area contributed by atoms with Crippen LogP contribution in [0.25, 0.3) is 0 Å². The average Bonchev–Trinajstić information content (AvgIpc) is 3.87. The van der Waals surface area contributed by atoms with Crippen molar-refractivity contribution >= 4 is 17.8 Å². The Morgan fingerprint density at radius 3 is 2.17 bits per heavy atom. The second-order valence-electron chi connectivity index (χ2n) is 29.5. The van der Waals surface area contributed by atoms with Crippen LogP contribution in [0.3, 0.4) is 0 Å². The van der Waals surface area contributed by atoms with Gasteiger partial charge in [-0.15, -0.1) is 0 Å². The predicted octanol–water partition coefficient (Wildman–Crippen LogP) is 14.9. The number of aliphatic carboxylic acids is 1.